The summed E-state index contributed by atoms with van der Waals surface area (Å²) in [6.45, 7) is 4.84. The summed E-state index contributed by atoms with van der Waals surface area (Å²) in [4.78, 5) is 13.8. The molecule has 0 spiro atoms. The lowest BCUT2D eigenvalue weighted by Gasteiger charge is -2.29. The van der Waals surface area contributed by atoms with E-state index in [1.54, 1.807) is 11.0 Å². The van der Waals surface area contributed by atoms with E-state index >= 15 is 0 Å². The van der Waals surface area contributed by atoms with Gasteiger partial charge < -0.3 is 15.3 Å². The number of carbonyl (C=O) groups excluding carboxylic acids is 1. The van der Waals surface area contributed by atoms with Gasteiger partial charge in [0.15, 0.2) is 6.10 Å². The Morgan fingerprint density at radius 2 is 2.00 bits per heavy atom. The third-order valence-corrected chi connectivity index (χ3v) is 3.15. The second-order valence-corrected chi connectivity index (χ2v) is 4.33. The number of nitrogens with one attached hydrogen (secondary N) is 1. The lowest BCUT2D eigenvalue weighted by molar-refractivity contribution is -0.141. The van der Waals surface area contributed by atoms with Gasteiger partial charge in [-0.1, -0.05) is 24.3 Å². The Morgan fingerprint density at radius 1 is 1.35 bits per heavy atom. The number of hydrogen-bond acceptors (Lipinski definition) is 3. The lowest BCUT2D eigenvalue weighted by Crippen LogP contribution is -2.48. The molecule has 4 heteroatoms. The normalized spacial score (nSPS) is 17.9. The molecule has 0 radical (unpaired) electrons. The largest absolute Gasteiger partial charge is 0.378 e. The van der Waals surface area contributed by atoms with Crippen molar-refractivity contribution in [2.45, 2.75) is 13.0 Å². The molecular weight excluding hydrogens is 216 g/mol. The van der Waals surface area contributed by atoms with E-state index < -0.39 is 6.10 Å². The Hall–Kier alpha value is -1.39. The minimum Gasteiger partial charge on any atom is -0.378 e. The number of nitrogens with zero attached hydrogens (tertiary/aromatic N) is 1. The van der Waals surface area contributed by atoms with E-state index in [2.05, 4.69) is 5.32 Å². The topological polar surface area (TPSA) is 52.6 Å². The van der Waals surface area contributed by atoms with Crippen LogP contribution >= 0.6 is 0 Å². The van der Waals surface area contributed by atoms with Crippen molar-refractivity contribution >= 4 is 5.91 Å². The van der Waals surface area contributed by atoms with Crippen molar-refractivity contribution in [1.29, 1.82) is 0 Å². The molecule has 17 heavy (non-hydrogen) atoms. The van der Waals surface area contributed by atoms with Crippen molar-refractivity contribution in [3.8, 4) is 0 Å². The number of aliphatic hydroxyl groups is 1. The molecule has 1 aliphatic heterocycles. The van der Waals surface area contributed by atoms with Gasteiger partial charge in [-0.05, 0) is 18.1 Å². The van der Waals surface area contributed by atoms with E-state index in [0.717, 1.165) is 18.7 Å². The number of aliphatic hydroxyl groups excluding tert-OH is 1. The van der Waals surface area contributed by atoms with Crippen molar-refractivity contribution in [2.24, 2.45) is 0 Å². The predicted molar refractivity (Wildman–Crippen MR) is 65.6 cm³/mol. The van der Waals surface area contributed by atoms with Gasteiger partial charge in [-0.25, -0.2) is 0 Å². The molecule has 0 saturated carbocycles. The molecule has 2 N–H and O–H groups in total. The third kappa shape index (κ3) is 2.65. The first-order chi connectivity index (χ1) is 8.20. The number of amides is 1. The number of piperazine rings is 1. The van der Waals surface area contributed by atoms with E-state index in [0.29, 0.717) is 18.7 Å². The molecule has 0 aliphatic carbocycles. The minimum atomic E-state index is -1.03. The van der Waals surface area contributed by atoms with Crippen molar-refractivity contribution in [2.75, 3.05) is 26.2 Å². The molecule has 1 heterocycles. The second kappa shape index (κ2) is 5.29. The van der Waals surface area contributed by atoms with Gasteiger partial charge in [0.2, 0.25) is 0 Å². The summed E-state index contributed by atoms with van der Waals surface area (Å²) in [6.07, 6.45) is -1.03. The molecule has 1 aromatic carbocycles. The Labute approximate surface area is 101 Å². The first kappa shape index (κ1) is 12.1. The summed E-state index contributed by atoms with van der Waals surface area (Å²) in [7, 11) is 0. The molecule has 92 valence electrons. The fourth-order valence-corrected chi connectivity index (χ4v) is 2.08. The fraction of sp³-hybridized carbons (Fsp3) is 0.462. The van der Waals surface area contributed by atoms with Crippen LogP contribution in [0.5, 0.6) is 0 Å². The summed E-state index contributed by atoms with van der Waals surface area (Å²) >= 11 is 0. The fourth-order valence-electron chi connectivity index (χ4n) is 2.08. The molecule has 1 unspecified atom stereocenters. The summed E-state index contributed by atoms with van der Waals surface area (Å²) < 4.78 is 0. The summed E-state index contributed by atoms with van der Waals surface area (Å²) in [5.41, 5.74) is 1.65. The van der Waals surface area contributed by atoms with Gasteiger partial charge in [0.1, 0.15) is 0 Å². The quantitative estimate of drug-likeness (QED) is 0.781. The van der Waals surface area contributed by atoms with Gasteiger partial charge in [-0.2, -0.15) is 0 Å². The van der Waals surface area contributed by atoms with Crippen LogP contribution in [0, 0.1) is 6.92 Å². The van der Waals surface area contributed by atoms with Gasteiger partial charge in [0.05, 0.1) is 0 Å². The Bertz CT molecular complexity index is 400. The average Bonchev–Trinajstić information content (AvgIpc) is 2.39. The molecule has 1 atom stereocenters. The highest BCUT2D eigenvalue weighted by Crippen LogP contribution is 2.19. The highest BCUT2D eigenvalue weighted by atomic mass is 16.3. The zero-order valence-electron chi connectivity index (χ0n) is 10.0. The highest BCUT2D eigenvalue weighted by Gasteiger charge is 2.25. The molecule has 1 amide bonds. The van der Waals surface area contributed by atoms with E-state index in [1.165, 1.54) is 0 Å². The monoisotopic (exact) mass is 234 g/mol. The van der Waals surface area contributed by atoms with Crippen LogP contribution < -0.4 is 5.32 Å². The van der Waals surface area contributed by atoms with Crippen molar-refractivity contribution < 1.29 is 9.90 Å². The number of benzene rings is 1. The van der Waals surface area contributed by atoms with Crippen LogP contribution in [0.4, 0.5) is 0 Å². The maximum absolute atomic E-state index is 12.1. The zero-order valence-corrected chi connectivity index (χ0v) is 10.0. The zero-order chi connectivity index (χ0) is 12.3. The number of hydrogen-bond donors (Lipinski definition) is 2. The SMILES string of the molecule is Cc1ccccc1C(O)C(=O)N1CCNCC1. The maximum atomic E-state index is 12.1. The van der Waals surface area contributed by atoms with Crippen LogP contribution in [0.1, 0.15) is 17.2 Å². The predicted octanol–water partition coefficient (Wildman–Crippen LogP) is 0.460. The molecule has 0 aromatic heterocycles. The van der Waals surface area contributed by atoms with Crippen LogP contribution in [-0.2, 0) is 4.79 Å². The van der Waals surface area contributed by atoms with E-state index in [1.807, 2.05) is 25.1 Å². The van der Waals surface area contributed by atoms with Crippen LogP contribution in [0.15, 0.2) is 24.3 Å². The van der Waals surface area contributed by atoms with Crippen molar-refractivity contribution in [3.05, 3.63) is 35.4 Å². The summed E-state index contributed by atoms with van der Waals surface area (Å²) in [5, 5.41) is 13.3. The van der Waals surface area contributed by atoms with Gasteiger partial charge in [-0.15, -0.1) is 0 Å². The number of rotatable bonds is 2. The van der Waals surface area contributed by atoms with Crippen LogP contribution in [-0.4, -0.2) is 42.1 Å². The van der Waals surface area contributed by atoms with Crippen LogP contribution in [0.2, 0.25) is 0 Å². The van der Waals surface area contributed by atoms with Gasteiger partial charge in [0, 0.05) is 26.2 Å². The second-order valence-electron chi connectivity index (χ2n) is 4.33. The molecule has 4 nitrogen and oxygen atoms in total. The van der Waals surface area contributed by atoms with E-state index in [9.17, 15) is 9.90 Å². The lowest BCUT2D eigenvalue weighted by atomic mass is 10.0. The minimum absolute atomic E-state index is 0.194. The third-order valence-electron chi connectivity index (χ3n) is 3.15. The molecular formula is C13H18N2O2. The molecule has 1 aliphatic rings. The van der Waals surface area contributed by atoms with Gasteiger partial charge in [-0.3, -0.25) is 4.79 Å². The van der Waals surface area contributed by atoms with Crippen molar-refractivity contribution in [3.63, 3.8) is 0 Å². The van der Waals surface area contributed by atoms with Crippen LogP contribution in [0.3, 0.4) is 0 Å². The molecule has 0 bridgehead atoms. The summed E-state index contributed by atoms with van der Waals surface area (Å²) in [5.74, 6) is -0.194. The number of carbonyl (C=O) groups is 1. The molecule has 1 aromatic rings. The standard InChI is InChI=1S/C13H18N2O2/c1-10-4-2-3-5-11(10)12(16)13(17)15-8-6-14-7-9-15/h2-5,12,14,16H,6-9H2,1H3. The Morgan fingerprint density at radius 3 is 2.65 bits per heavy atom. The smallest absolute Gasteiger partial charge is 0.256 e. The average molecular weight is 234 g/mol. The number of aryl methyl sites for hydroxylation is 1. The summed E-state index contributed by atoms with van der Waals surface area (Å²) in [6, 6.07) is 7.46. The van der Waals surface area contributed by atoms with Gasteiger partial charge >= 0.3 is 0 Å². The maximum Gasteiger partial charge on any atom is 0.256 e. The Kier molecular flexibility index (Phi) is 3.76. The van der Waals surface area contributed by atoms with Gasteiger partial charge in [0.25, 0.3) is 5.91 Å². The van der Waals surface area contributed by atoms with Crippen molar-refractivity contribution in [1.82, 2.24) is 10.2 Å². The highest BCUT2D eigenvalue weighted by molar-refractivity contribution is 5.82. The van der Waals surface area contributed by atoms with Crippen LogP contribution in [0.25, 0.3) is 0 Å². The molecule has 1 saturated heterocycles. The van der Waals surface area contributed by atoms with E-state index in [-0.39, 0.29) is 5.91 Å². The molecule has 1 fully saturated rings. The Balaban J connectivity index is 2.11. The van der Waals surface area contributed by atoms with E-state index in [4.69, 9.17) is 0 Å². The first-order valence-electron chi connectivity index (χ1n) is 5.93. The first-order valence-corrected chi connectivity index (χ1v) is 5.93. The molecule has 2 rings (SSSR count).